The third-order valence-corrected chi connectivity index (χ3v) is 7.36. The predicted molar refractivity (Wildman–Crippen MR) is 133 cm³/mol. The van der Waals surface area contributed by atoms with Crippen LogP contribution in [0.3, 0.4) is 0 Å². The van der Waals surface area contributed by atoms with Gasteiger partial charge in [-0.25, -0.2) is 0 Å². The largest absolute Gasteiger partial charge is 0.481 e. The maximum atomic E-state index is 11.8. The monoisotopic (exact) mass is 466 g/mol. The molecule has 0 radical (unpaired) electrons. The predicted octanol–water partition coefficient (Wildman–Crippen LogP) is 7.64. The molecule has 1 saturated heterocycles. The highest BCUT2D eigenvalue weighted by molar-refractivity contribution is 5.85. The fourth-order valence-corrected chi connectivity index (χ4v) is 5.21. The van der Waals surface area contributed by atoms with E-state index < -0.39 is 5.97 Å². The molecule has 2 aliphatic rings. The number of carboxylic acid groups (broad SMARTS) is 1. The summed E-state index contributed by atoms with van der Waals surface area (Å²) in [4.78, 5) is 34.0. The van der Waals surface area contributed by atoms with Gasteiger partial charge in [-0.3, -0.25) is 14.4 Å². The van der Waals surface area contributed by atoms with Gasteiger partial charge in [0.05, 0.1) is 13.0 Å². The van der Waals surface area contributed by atoms with E-state index in [1.165, 1.54) is 64.2 Å². The molecule has 1 heterocycles. The van der Waals surface area contributed by atoms with Gasteiger partial charge in [0.1, 0.15) is 5.78 Å². The third kappa shape index (κ3) is 13.8. The number of aliphatic carboxylic acids is 1. The van der Waals surface area contributed by atoms with E-state index in [4.69, 9.17) is 9.84 Å². The number of rotatable bonds is 6. The van der Waals surface area contributed by atoms with E-state index in [0.717, 1.165) is 44.9 Å². The standard InChI is InChI=1S/C15H28O2.C13H22O3/c16-15-13-11-9-7-5-3-1-2-4-6-8-10-12-14-17-15;1-3-4-5-6-10-11(14)7-8-13(10,2)9-12(15)16/h1-14H2;10H,3-9H2,1-2H3,(H,15,16). The molecule has 2 fully saturated rings. The molecule has 2 unspecified atom stereocenters. The molecule has 1 saturated carbocycles. The van der Waals surface area contributed by atoms with E-state index >= 15 is 0 Å². The van der Waals surface area contributed by atoms with Gasteiger partial charge in [0.15, 0.2) is 0 Å². The van der Waals surface area contributed by atoms with Crippen LogP contribution in [0.4, 0.5) is 0 Å². The Morgan fingerprint density at radius 1 is 0.879 bits per heavy atom. The number of ether oxygens (including phenoxy) is 1. The van der Waals surface area contributed by atoms with E-state index in [1.807, 2.05) is 6.92 Å². The van der Waals surface area contributed by atoms with Gasteiger partial charge in [0, 0.05) is 18.8 Å². The van der Waals surface area contributed by atoms with Gasteiger partial charge in [-0.1, -0.05) is 97.3 Å². The van der Waals surface area contributed by atoms with Gasteiger partial charge in [-0.2, -0.15) is 0 Å². The molecule has 1 aliphatic heterocycles. The van der Waals surface area contributed by atoms with Crippen molar-refractivity contribution in [2.75, 3.05) is 6.61 Å². The summed E-state index contributed by atoms with van der Waals surface area (Å²) < 4.78 is 5.20. The Labute approximate surface area is 202 Å². The van der Waals surface area contributed by atoms with Gasteiger partial charge in [-0.05, 0) is 31.1 Å². The lowest BCUT2D eigenvalue weighted by Crippen LogP contribution is -2.28. The fraction of sp³-hybridized carbons (Fsp3) is 0.893. The zero-order valence-corrected chi connectivity index (χ0v) is 21.5. The van der Waals surface area contributed by atoms with Crippen molar-refractivity contribution in [1.29, 1.82) is 0 Å². The molecule has 33 heavy (non-hydrogen) atoms. The highest BCUT2D eigenvalue weighted by Crippen LogP contribution is 2.46. The van der Waals surface area contributed by atoms with Crippen LogP contribution in [-0.4, -0.2) is 29.4 Å². The number of Topliss-reactive ketones (excluding diaryl/α,β-unsaturated/α-hetero) is 1. The molecule has 0 spiro atoms. The molecule has 1 aliphatic carbocycles. The molecule has 0 aromatic rings. The van der Waals surface area contributed by atoms with Crippen LogP contribution in [0.1, 0.15) is 142 Å². The first-order valence-corrected chi connectivity index (χ1v) is 13.8. The highest BCUT2D eigenvalue weighted by Gasteiger charge is 2.45. The smallest absolute Gasteiger partial charge is 0.305 e. The maximum Gasteiger partial charge on any atom is 0.305 e. The first-order chi connectivity index (χ1) is 15.9. The van der Waals surface area contributed by atoms with Crippen LogP contribution in [0.25, 0.3) is 0 Å². The zero-order chi connectivity index (χ0) is 24.4. The summed E-state index contributed by atoms with van der Waals surface area (Å²) in [6, 6.07) is 0. The van der Waals surface area contributed by atoms with Crippen LogP contribution in [0.5, 0.6) is 0 Å². The Morgan fingerprint density at radius 3 is 1.97 bits per heavy atom. The SMILES string of the molecule is CCCCCC1C(=O)CCC1(C)CC(=O)O.O=C1CCCCCCCCCCCCCCO1. The minimum atomic E-state index is -0.780. The number of carbonyl (C=O) groups excluding carboxylic acids is 2. The topological polar surface area (TPSA) is 80.7 Å². The van der Waals surface area contributed by atoms with Crippen molar-refractivity contribution in [3.63, 3.8) is 0 Å². The van der Waals surface area contributed by atoms with Crippen molar-refractivity contribution in [3.8, 4) is 0 Å². The number of esters is 1. The Hall–Kier alpha value is -1.39. The summed E-state index contributed by atoms with van der Waals surface area (Å²) in [7, 11) is 0. The van der Waals surface area contributed by atoms with Crippen LogP contribution >= 0.6 is 0 Å². The van der Waals surface area contributed by atoms with Crippen LogP contribution < -0.4 is 0 Å². The molecule has 0 aromatic carbocycles. The Kier molecular flexibility index (Phi) is 16.2. The zero-order valence-electron chi connectivity index (χ0n) is 21.5. The van der Waals surface area contributed by atoms with E-state index in [2.05, 4.69) is 6.92 Å². The highest BCUT2D eigenvalue weighted by atomic mass is 16.5. The molecule has 5 heteroatoms. The number of carboxylic acids is 1. The molecule has 192 valence electrons. The van der Waals surface area contributed by atoms with Crippen molar-refractivity contribution in [3.05, 3.63) is 0 Å². The van der Waals surface area contributed by atoms with Gasteiger partial charge in [-0.15, -0.1) is 0 Å². The molecular formula is C28H50O5. The van der Waals surface area contributed by atoms with Gasteiger partial charge >= 0.3 is 11.9 Å². The summed E-state index contributed by atoms with van der Waals surface area (Å²) in [5.41, 5.74) is -0.295. The normalized spacial score (nSPS) is 26.2. The number of ketones is 1. The van der Waals surface area contributed by atoms with Crippen molar-refractivity contribution in [2.24, 2.45) is 11.3 Å². The lowest BCUT2D eigenvalue weighted by atomic mass is 9.74. The third-order valence-electron chi connectivity index (χ3n) is 7.36. The van der Waals surface area contributed by atoms with Crippen molar-refractivity contribution in [1.82, 2.24) is 0 Å². The van der Waals surface area contributed by atoms with Crippen molar-refractivity contribution in [2.45, 2.75) is 142 Å². The quantitative estimate of drug-likeness (QED) is 0.321. The molecule has 2 atom stereocenters. The second-order valence-corrected chi connectivity index (χ2v) is 10.5. The van der Waals surface area contributed by atoms with Gasteiger partial charge < -0.3 is 9.84 Å². The maximum absolute atomic E-state index is 11.8. The first-order valence-electron chi connectivity index (χ1n) is 13.8. The van der Waals surface area contributed by atoms with E-state index in [9.17, 15) is 14.4 Å². The van der Waals surface area contributed by atoms with Crippen LogP contribution in [0.2, 0.25) is 0 Å². The van der Waals surface area contributed by atoms with Crippen LogP contribution in [-0.2, 0) is 19.1 Å². The lowest BCUT2D eigenvalue weighted by molar-refractivity contribution is -0.144. The second-order valence-electron chi connectivity index (χ2n) is 10.5. The average Bonchev–Trinajstić information content (AvgIpc) is 3.03. The van der Waals surface area contributed by atoms with E-state index in [-0.39, 0.29) is 29.5 Å². The molecule has 0 bridgehead atoms. The van der Waals surface area contributed by atoms with Crippen molar-refractivity contribution < 1.29 is 24.2 Å². The molecule has 0 aromatic heterocycles. The summed E-state index contributed by atoms with van der Waals surface area (Å²) in [6.45, 7) is 4.73. The number of carbonyl (C=O) groups is 3. The molecule has 5 nitrogen and oxygen atoms in total. The number of unbranched alkanes of at least 4 members (excludes halogenated alkanes) is 2. The molecular weight excluding hydrogens is 416 g/mol. The summed E-state index contributed by atoms with van der Waals surface area (Å²) >= 11 is 0. The lowest BCUT2D eigenvalue weighted by Gasteiger charge is -2.28. The summed E-state index contributed by atoms with van der Waals surface area (Å²) in [5, 5.41) is 8.90. The van der Waals surface area contributed by atoms with Crippen LogP contribution in [0, 0.1) is 11.3 Å². The minimum Gasteiger partial charge on any atom is -0.481 e. The number of hydrogen-bond donors (Lipinski definition) is 1. The van der Waals surface area contributed by atoms with Crippen molar-refractivity contribution >= 4 is 17.7 Å². The minimum absolute atomic E-state index is 0.0112. The van der Waals surface area contributed by atoms with Crippen LogP contribution in [0.15, 0.2) is 0 Å². The summed E-state index contributed by atoms with van der Waals surface area (Å²) in [5.74, 6) is -0.509. The average molecular weight is 467 g/mol. The van der Waals surface area contributed by atoms with E-state index in [0.29, 0.717) is 19.4 Å². The second kappa shape index (κ2) is 18.0. The first kappa shape index (κ1) is 29.6. The summed E-state index contributed by atoms with van der Waals surface area (Å²) in [6.07, 6.45) is 21.6. The number of hydrogen-bond acceptors (Lipinski definition) is 4. The molecule has 2 rings (SSSR count). The molecule has 0 amide bonds. The van der Waals surface area contributed by atoms with Gasteiger partial charge in [0.25, 0.3) is 0 Å². The fourth-order valence-electron chi connectivity index (χ4n) is 5.21. The van der Waals surface area contributed by atoms with Gasteiger partial charge in [0.2, 0.25) is 0 Å². The Bertz CT molecular complexity index is 540. The Balaban J connectivity index is 0.000000331. The Morgan fingerprint density at radius 2 is 1.42 bits per heavy atom. The van der Waals surface area contributed by atoms with E-state index in [1.54, 1.807) is 0 Å². The molecule has 1 N–H and O–H groups in total. The number of cyclic esters (lactones) is 1.